The highest BCUT2D eigenvalue weighted by Crippen LogP contribution is 2.52. The Balaban J connectivity index is 1.42. The minimum Gasteiger partial charge on any atom is -0.350 e. The summed E-state index contributed by atoms with van der Waals surface area (Å²) in [5.41, 5.74) is 0.318. The highest BCUT2D eigenvalue weighted by molar-refractivity contribution is 6.30. The monoisotopic (exact) mass is 381 g/mol. The maximum atomic E-state index is 13.3. The molecule has 1 spiro atoms. The number of carbonyl (C=O) groups is 2. The van der Waals surface area contributed by atoms with Gasteiger partial charge in [-0.25, -0.2) is 4.39 Å². The van der Waals surface area contributed by atoms with Crippen LogP contribution < -0.4 is 10.6 Å². The number of carbonyl (C=O) groups excluding carboxylic acids is 2. The number of amides is 2. The van der Waals surface area contributed by atoms with Crippen LogP contribution in [-0.2, 0) is 9.59 Å². The van der Waals surface area contributed by atoms with E-state index in [9.17, 15) is 14.0 Å². The maximum absolute atomic E-state index is 13.3. The smallest absolute Gasteiger partial charge is 0.234 e. The molecule has 1 aliphatic heterocycles. The lowest BCUT2D eigenvalue weighted by molar-refractivity contribution is -0.144. The molecule has 5 nitrogen and oxygen atoms in total. The zero-order chi connectivity index (χ0) is 19.1. The number of hydrogen-bond donors (Lipinski definition) is 2. The van der Waals surface area contributed by atoms with Crippen molar-refractivity contribution in [3.63, 3.8) is 0 Å². The average Bonchev–Trinajstić information content (AvgIpc) is 2.36. The molecule has 1 saturated heterocycles. The van der Waals surface area contributed by atoms with Gasteiger partial charge in [0, 0.05) is 35.3 Å². The number of hydrogen-bond acceptors (Lipinski definition) is 3. The normalized spacial score (nSPS) is 19.6. The van der Waals surface area contributed by atoms with Gasteiger partial charge in [0.2, 0.25) is 11.8 Å². The standard InChI is InChI=1S/C19H25ClFN3O2/c1-18(2,3)23-16(25)9-24-10-19(11-24)7-12(8-19)17(26)22-15-5-13(20)4-14(21)6-15/h4-6,12H,7-11H2,1-3H3,(H,22,26)(H,23,25). The van der Waals surface area contributed by atoms with Crippen molar-refractivity contribution in [3.05, 3.63) is 29.0 Å². The van der Waals surface area contributed by atoms with Crippen LogP contribution in [0.2, 0.25) is 5.02 Å². The molecule has 0 aromatic heterocycles. The summed E-state index contributed by atoms with van der Waals surface area (Å²) in [5, 5.41) is 5.96. The zero-order valence-corrected chi connectivity index (χ0v) is 16.1. The van der Waals surface area contributed by atoms with Crippen LogP contribution in [0.3, 0.4) is 0 Å². The number of nitrogens with zero attached hydrogens (tertiary/aromatic N) is 1. The lowest BCUT2D eigenvalue weighted by Gasteiger charge is -2.58. The molecule has 0 bridgehead atoms. The lowest BCUT2D eigenvalue weighted by Crippen LogP contribution is -2.65. The van der Waals surface area contributed by atoms with Gasteiger partial charge >= 0.3 is 0 Å². The summed E-state index contributed by atoms with van der Waals surface area (Å²) in [5.74, 6) is -0.603. The SMILES string of the molecule is CC(C)(C)NC(=O)CN1CC2(CC(C(=O)Nc3cc(F)cc(Cl)c3)C2)C1. The number of anilines is 1. The topological polar surface area (TPSA) is 61.4 Å². The number of likely N-dealkylation sites (tertiary alicyclic amines) is 1. The molecule has 1 aliphatic carbocycles. The van der Waals surface area contributed by atoms with Crippen LogP contribution in [0.5, 0.6) is 0 Å². The summed E-state index contributed by atoms with van der Waals surface area (Å²) in [4.78, 5) is 26.4. The first-order chi connectivity index (χ1) is 12.0. The van der Waals surface area contributed by atoms with E-state index in [1.807, 2.05) is 20.8 Å². The van der Waals surface area contributed by atoms with Crippen molar-refractivity contribution in [3.8, 4) is 0 Å². The van der Waals surface area contributed by atoms with E-state index in [2.05, 4.69) is 15.5 Å². The Bertz CT molecular complexity index is 698. The Labute approximate surface area is 158 Å². The lowest BCUT2D eigenvalue weighted by atomic mass is 9.57. The molecule has 2 fully saturated rings. The van der Waals surface area contributed by atoms with Gasteiger partial charge < -0.3 is 10.6 Å². The second-order valence-corrected chi connectivity index (χ2v) is 9.13. The Hall–Kier alpha value is -1.66. The third-order valence-corrected chi connectivity index (χ3v) is 5.08. The van der Waals surface area contributed by atoms with Crippen molar-refractivity contribution in [2.75, 3.05) is 25.0 Å². The van der Waals surface area contributed by atoms with E-state index in [0.717, 1.165) is 25.9 Å². The minimum atomic E-state index is -0.471. The van der Waals surface area contributed by atoms with Gasteiger partial charge in [0.1, 0.15) is 5.82 Å². The third-order valence-electron chi connectivity index (χ3n) is 4.86. The van der Waals surface area contributed by atoms with Gasteiger partial charge in [-0.15, -0.1) is 0 Å². The summed E-state index contributed by atoms with van der Waals surface area (Å²) in [6, 6.07) is 4.00. The van der Waals surface area contributed by atoms with Gasteiger partial charge in [0.15, 0.2) is 0 Å². The van der Waals surface area contributed by atoms with Gasteiger partial charge in [0.25, 0.3) is 0 Å². The van der Waals surface area contributed by atoms with Gasteiger partial charge in [-0.05, 0) is 57.2 Å². The summed E-state index contributed by atoms with van der Waals surface area (Å²) in [6.45, 7) is 7.98. The van der Waals surface area contributed by atoms with Crippen molar-refractivity contribution in [2.24, 2.45) is 11.3 Å². The predicted octanol–water partition coefficient (Wildman–Crippen LogP) is 3.04. The highest BCUT2D eigenvalue weighted by atomic mass is 35.5. The van der Waals surface area contributed by atoms with E-state index in [4.69, 9.17) is 11.6 Å². The molecule has 2 aliphatic rings. The maximum Gasteiger partial charge on any atom is 0.234 e. The first-order valence-electron chi connectivity index (χ1n) is 8.84. The van der Waals surface area contributed by atoms with E-state index in [1.165, 1.54) is 18.2 Å². The molecule has 1 saturated carbocycles. The average molecular weight is 382 g/mol. The Morgan fingerprint density at radius 1 is 1.27 bits per heavy atom. The van der Waals surface area contributed by atoms with Crippen molar-refractivity contribution >= 4 is 29.1 Å². The molecule has 3 rings (SSSR count). The van der Waals surface area contributed by atoms with Gasteiger partial charge in [-0.1, -0.05) is 11.6 Å². The molecule has 7 heteroatoms. The fraction of sp³-hybridized carbons (Fsp3) is 0.579. The quantitative estimate of drug-likeness (QED) is 0.842. The molecule has 2 N–H and O–H groups in total. The molecule has 0 radical (unpaired) electrons. The van der Waals surface area contributed by atoms with Crippen LogP contribution in [0, 0.1) is 17.2 Å². The van der Waals surface area contributed by atoms with E-state index in [0.29, 0.717) is 12.2 Å². The molecule has 2 amide bonds. The van der Waals surface area contributed by atoms with Crippen molar-refractivity contribution in [2.45, 2.75) is 39.2 Å². The number of halogens is 2. The van der Waals surface area contributed by atoms with Gasteiger partial charge in [-0.2, -0.15) is 0 Å². The van der Waals surface area contributed by atoms with E-state index in [1.54, 1.807) is 0 Å². The van der Waals surface area contributed by atoms with Crippen LogP contribution in [0.25, 0.3) is 0 Å². The van der Waals surface area contributed by atoms with Crippen LogP contribution in [0.1, 0.15) is 33.6 Å². The van der Waals surface area contributed by atoms with E-state index >= 15 is 0 Å². The minimum absolute atomic E-state index is 0.0314. The second kappa shape index (κ2) is 6.82. The third kappa shape index (κ3) is 4.54. The Kier molecular flexibility index (Phi) is 5.01. The van der Waals surface area contributed by atoms with Crippen LogP contribution in [0.4, 0.5) is 10.1 Å². The van der Waals surface area contributed by atoms with E-state index < -0.39 is 5.82 Å². The number of benzene rings is 1. The first kappa shape index (κ1) is 19.1. The van der Waals surface area contributed by atoms with Crippen LogP contribution in [0.15, 0.2) is 18.2 Å². The summed E-state index contributed by atoms with van der Waals surface area (Å²) in [6.07, 6.45) is 1.61. The molecule has 0 unspecified atom stereocenters. The summed E-state index contributed by atoms with van der Waals surface area (Å²) >= 11 is 5.81. The number of nitrogens with one attached hydrogen (secondary N) is 2. The molecule has 0 atom stereocenters. The van der Waals surface area contributed by atoms with Crippen molar-refractivity contribution in [1.82, 2.24) is 10.2 Å². The number of rotatable bonds is 4. The summed E-state index contributed by atoms with van der Waals surface area (Å²) in [7, 11) is 0. The zero-order valence-electron chi connectivity index (χ0n) is 15.4. The van der Waals surface area contributed by atoms with Crippen LogP contribution in [-0.4, -0.2) is 41.9 Å². The largest absolute Gasteiger partial charge is 0.350 e. The van der Waals surface area contributed by atoms with Gasteiger partial charge in [-0.3, -0.25) is 14.5 Å². The predicted molar refractivity (Wildman–Crippen MR) is 99.5 cm³/mol. The summed E-state index contributed by atoms with van der Waals surface area (Å²) < 4.78 is 13.3. The van der Waals surface area contributed by atoms with E-state index in [-0.39, 0.29) is 33.7 Å². The Morgan fingerprint density at radius 3 is 2.50 bits per heavy atom. The fourth-order valence-electron chi connectivity index (χ4n) is 3.97. The molecular weight excluding hydrogens is 357 g/mol. The molecule has 142 valence electrons. The molecular formula is C19H25ClFN3O2. The molecule has 1 heterocycles. The molecule has 1 aromatic carbocycles. The first-order valence-corrected chi connectivity index (χ1v) is 9.22. The molecule has 26 heavy (non-hydrogen) atoms. The van der Waals surface area contributed by atoms with Crippen LogP contribution >= 0.6 is 11.6 Å². The second-order valence-electron chi connectivity index (χ2n) is 8.70. The Morgan fingerprint density at radius 2 is 1.92 bits per heavy atom. The fourth-order valence-corrected chi connectivity index (χ4v) is 4.20. The van der Waals surface area contributed by atoms with Crippen molar-refractivity contribution < 1.29 is 14.0 Å². The molecule has 1 aromatic rings. The van der Waals surface area contributed by atoms with Gasteiger partial charge in [0.05, 0.1) is 6.54 Å². The highest BCUT2D eigenvalue weighted by Gasteiger charge is 2.54. The van der Waals surface area contributed by atoms with Crippen molar-refractivity contribution in [1.29, 1.82) is 0 Å².